The van der Waals surface area contributed by atoms with Crippen molar-refractivity contribution < 1.29 is 9.53 Å². The van der Waals surface area contributed by atoms with Crippen LogP contribution < -0.4 is 15.9 Å². The van der Waals surface area contributed by atoms with Gasteiger partial charge in [0.2, 0.25) is 0 Å². The molecule has 0 bridgehead atoms. The summed E-state index contributed by atoms with van der Waals surface area (Å²) >= 11 is 0.840. The van der Waals surface area contributed by atoms with E-state index in [4.69, 9.17) is 4.74 Å². The van der Waals surface area contributed by atoms with E-state index in [1.165, 1.54) is 8.52 Å². The van der Waals surface area contributed by atoms with Crippen LogP contribution in [0.25, 0.3) is 5.69 Å². The van der Waals surface area contributed by atoms with Crippen molar-refractivity contribution >= 4 is 23.3 Å². The minimum atomic E-state index is -0.592. The summed E-state index contributed by atoms with van der Waals surface area (Å²) in [5, 5.41) is 2.63. The molecule has 0 aliphatic heterocycles. The fraction of sp³-hybridized carbons (Fsp3) is 0.250. The maximum atomic E-state index is 12.7. The fourth-order valence-electron chi connectivity index (χ4n) is 2.52. The molecule has 8 heteroatoms. The van der Waals surface area contributed by atoms with Crippen LogP contribution in [0, 0.1) is 0 Å². The van der Waals surface area contributed by atoms with Crippen LogP contribution in [0.5, 0.6) is 0 Å². The van der Waals surface area contributed by atoms with Gasteiger partial charge < -0.3 is 4.74 Å². The van der Waals surface area contributed by atoms with Gasteiger partial charge in [0.1, 0.15) is 5.60 Å². The van der Waals surface area contributed by atoms with E-state index < -0.39 is 17.4 Å². The largest absolute Gasteiger partial charge is 0.444 e. The summed E-state index contributed by atoms with van der Waals surface area (Å²) in [6, 6.07) is 16.0. The Hall–Kier alpha value is -3.13. The van der Waals surface area contributed by atoms with Crippen molar-refractivity contribution in [3.63, 3.8) is 0 Å². The lowest BCUT2D eigenvalue weighted by molar-refractivity contribution is 0.0636. The van der Waals surface area contributed by atoms with Gasteiger partial charge in [-0.05, 0) is 50.6 Å². The van der Waals surface area contributed by atoms with Gasteiger partial charge in [0, 0.05) is 17.2 Å². The number of nitrogens with zero attached hydrogens (tertiary/aromatic N) is 2. The standard InChI is InChI=1S/C20H21N3O4S/c1-20(2,3)27-17(24)21-15-9-11-16(12-10-15)23-18(25)22(19(26)28-23)13-14-7-5-4-6-8-14/h4-12H,13H2,1-3H3,(H,21,24). The van der Waals surface area contributed by atoms with Crippen LogP contribution in [0.2, 0.25) is 0 Å². The van der Waals surface area contributed by atoms with Crippen LogP contribution >= 0.6 is 11.5 Å². The third kappa shape index (κ3) is 4.77. The molecule has 0 saturated heterocycles. The van der Waals surface area contributed by atoms with Crippen LogP contribution in [0.1, 0.15) is 26.3 Å². The molecule has 146 valence electrons. The lowest BCUT2D eigenvalue weighted by Crippen LogP contribution is -2.29. The third-order valence-electron chi connectivity index (χ3n) is 3.73. The van der Waals surface area contributed by atoms with Crippen molar-refractivity contribution in [1.82, 2.24) is 8.52 Å². The maximum Gasteiger partial charge on any atom is 0.412 e. The number of aromatic nitrogens is 2. The molecule has 1 aromatic heterocycles. The van der Waals surface area contributed by atoms with Gasteiger partial charge in [0.05, 0.1) is 12.2 Å². The second-order valence-corrected chi connectivity index (χ2v) is 8.08. The van der Waals surface area contributed by atoms with E-state index in [0.717, 1.165) is 17.1 Å². The van der Waals surface area contributed by atoms with Gasteiger partial charge in [-0.2, -0.15) is 0 Å². The first kappa shape index (κ1) is 19.6. The molecule has 3 rings (SSSR count). The number of nitrogens with one attached hydrogen (secondary N) is 1. The lowest BCUT2D eigenvalue weighted by Gasteiger charge is -2.19. The Kier molecular flexibility index (Phi) is 5.51. The number of hydrogen-bond acceptors (Lipinski definition) is 5. The quantitative estimate of drug-likeness (QED) is 0.728. The minimum Gasteiger partial charge on any atom is -0.444 e. The molecule has 0 aliphatic rings. The Morgan fingerprint density at radius 1 is 1.04 bits per heavy atom. The summed E-state index contributed by atoms with van der Waals surface area (Å²) in [5.41, 5.74) is 0.969. The average Bonchev–Trinajstić information content (AvgIpc) is 2.90. The second kappa shape index (κ2) is 7.85. The van der Waals surface area contributed by atoms with Crippen LogP contribution in [0.15, 0.2) is 64.2 Å². The first-order chi connectivity index (χ1) is 13.2. The highest BCUT2D eigenvalue weighted by atomic mass is 32.1. The normalized spacial score (nSPS) is 11.2. The Bertz CT molecular complexity index is 1070. The summed E-state index contributed by atoms with van der Waals surface area (Å²) < 4.78 is 7.74. The van der Waals surface area contributed by atoms with E-state index in [0.29, 0.717) is 11.4 Å². The number of benzene rings is 2. The van der Waals surface area contributed by atoms with Gasteiger partial charge in [0.25, 0.3) is 0 Å². The fourth-order valence-corrected chi connectivity index (χ4v) is 3.32. The van der Waals surface area contributed by atoms with Gasteiger partial charge in [-0.25, -0.2) is 18.1 Å². The summed E-state index contributed by atoms with van der Waals surface area (Å²) in [4.78, 5) is 36.4. The number of rotatable bonds is 4. The highest BCUT2D eigenvalue weighted by molar-refractivity contribution is 7.03. The summed E-state index contributed by atoms with van der Waals surface area (Å²) in [7, 11) is 0. The zero-order valence-electron chi connectivity index (χ0n) is 15.8. The van der Waals surface area contributed by atoms with Crippen molar-refractivity contribution in [2.45, 2.75) is 32.9 Å². The van der Waals surface area contributed by atoms with Crippen LogP contribution in [-0.2, 0) is 11.3 Å². The van der Waals surface area contributed by atoms with Gasteiger partial charge in [-0.3, -0.25) is 10.1 Å². The van der Waals surface area contributed by atoms with Gasteiger partial charge in [-0.1, -0.05) is 30.3 Å². The monoisotopic (exact) mass is 399 g/mol. The Balaban J connectivity index is 1.79. The van der Waals surface area contributed by atoms with Crippen molar-refractivity contribution in [2.24, 2.45) is 0 Å². The maximum absolute atomic E-state index is 12.7. The summed E-state index contributed by atoms with van der Waals surface area (Å²) in [6.07, 6.45) is -0.559. The van der Waals surface area contributed by atoms with Crippen molar-refractivity contribution in [2.75, 3.05) is 5.32 Å². The van der Waals surface area contributed by atoms with Gasteiger partial charge in [-0.15, -0.1) is 0 Å². The van der Waals surface area contributed by atoms with Gasteiger partial charge in [0.15, 0.2) is 0 Å². The predicted molar refractivity (Wildman–Crippen MR) is 110 cm³/mol. The number of ether oxygens (including phenoxy) is 1. The molecule has 0 aliphatic carbocycles. The third-order valence-corrected chi connectivity index (χ3v) is 4.65. The van der Waals surface area contributed by atoms with Crippen LogP contribution in [-0.4, -0.2) is 20.2 Å². The highest BCUT2D eigenvalue weighted by Crippen LogP contribution is 2.15. The zero-order valence-corrected chi connectivity index (χ0v) is 16.7. The number of anilines is 1. The molecule has 1 heterocycles. The Labute approximate surface area is 166 Å². The molecule has 7 nitrogen and oxygen atoms in total. The average molecular weight is 399 g/mol. The molecule has 3 aromatic rings. The van der Waals surface area contributed by atoms with Crippen LogP contribution in [0.4, 0.5) is 10.5 Å². The molecule has 2 aromatic carbocycles. The minimum absolute atomic E-state index is 0.223. The van der Waals surface area contributed by atoms with Crippen LogP contribution in [0.3, 0.4) is 0 Å². The Morgan fingerprint density at radius 2 is 1.68 bits per heavy atom. The van der Waals surface area contributed by atoms with Gasteiger partial charge >= 0.3 is 16.7 Å². The van der Waals surface area contributed by atoms with E-state index in [1.807, 2.05) is 30.3 Å². The predicted octanol–water partition coefficient (Wildman–Crippen LogP) is 3.46. The summed E-state index contributed by atoms with van der Waals surface area (Å²) in [5.74, 6) is 0. The van der Waals surface area contributed by atoms with E-state index in [2.05, 4.69) is 5.32 Å². The molecule has 0 fully saturated rings. The number of carbonyl (C=O) groups is 1. The number of hydrogen-bond donors (Lipinski definition) is 1. The molecule has 0 atom stereocenters. The molecule has 1 amide bonds. The lowest BCUT2D eigenvalue weighted by atomic mass is 10.2. The molecule has 28 heavy (non-hydrogen) atoms. The first-order valence-electron chi connectivity index (χ1n) is 8.70. The van der Waals surface area contributed by atoms with E-state index in [1.54, 1.807) is 45.0 Å². The molecule has 0 radical (unpaired) electrons. The molecule has 0 saturated carbocycles. The smallest absolute Gasteiger partial charge is 0.412 e. The zero-order chi connectivity index (χ0) is 20.3. The molecule has 0 unspecified atom stereocenters. The van der Waals surface area contributed by atoms with Crippen molar-refractivity contribution in [1.29, 1.82) is 0 Å². The molecule has 0 spiro atoms. The van der Waals surface area contributed by atoms with E-state index in [9.17, 15) is 14.4 Å². The number of amides is 1. The SMILES string of the molecule is CC(C)(C)OC(=O)Nc1ccc(-n2sc(=O)n(Cc3ccccc3)c2=O)cc1. The van der Waals surface area contributed by atoms with E-state index in [-0.39, 0.29) is 11.4 Å². The van der Waals surface area contributed by atoms with Crippen molar-refractivity contribution in [3.8, 4) is 5.69 Å². The molecular formula is C20H21N3O4S. The summed E-state index contributed by atoms with van der Waals surface area (Å²) in [6.45, 7) is 5.57. The number of carbonyl (C=O) groups excluding carboxylic acids is 1. The highest BCUT2D eigenvalue weighted by Gasteiger charge is 2.16. The Morgan fingerprint density at radius 3 is 2.29 bits per heavy atom. The first-order valence-corrected chi connectivity index (χ1v) is 9.48. The topological polar surface area (TPSA) is 82.3 Å². The van der Waals surface area contributed by atoms with E-state index >= 15 is 0 Å². The van der Waals surface area contributed by atoms with Crippen molar-refractivity contribution in [3.05, 3.63) is 80.3 Å². The molecular weight excluding hydrogens is 378 g/mol. The molecule has 1 N–H and O–H groups in total. The second-order valence-electron chi connectivity index (χ2n) is 7.18.